The van der Waals surface area contributed by atoms with Crippen LogP contribution in [-0.4, -0.2) is 29.4 Å². The Morgan fingerprint density at radius 3 is 2.38 bits per heavy atom. The van der Waals surface area contributed by atoms with E-state index in [-0.39, 0.29) is 11.9 Å². The van der Waals surface area contributed by atoms with E-state index in [1.807, 2.05) is 6.92 Å². The molecule has 0 radical (unpaired) electrons. The van der Waals surface area contributed by atoms with Gasteiger partial charge in [-0.3, -0.25) is 15.1 Å². The Labute approximate surface area is 98.5 Å². The summed E-state index contributed by atoms with van der Waals surface area (Å²) in [6, 6.07) is 0.449. The van der Waals surface area contributed by atoms with Crippen LogP contribution in [0.2, 0.25) is 0 Å². The Morgan fingerprint density at radius 2 is 1.94 bits per heavy atom. The molecule has 94 valence electrons. The van der Waals surface area contributed by atoms with Crippen molar-refractivity contribution in [2.24, 2.45) is 11.8 Å². The number of carbonyl (C=O) groups is 1. The third kappa shape index (κ3) is 3.46. The minimum Gasteiger partial charge on any atom is -0.293 e. The maximum atomic E-state index is 11.6. The highest BCUT2D eigenvalue weighted by Crippen LogP contribution is 2.25. The zero-order valence-electron chi connectivity index (χ0n) is 10.7. The van der Waals surface area contributed by atoms with Gasteiger partial charge < -0.3 is 0 Å². The van der Waals surface area contributed by atoms with Gasteiger partial charge >= 0.3 is 0 Å². The van der Waals surface area contributed by atoms with Gasteiger partial charge in [-0.1, -0.05) is 26.7 Å². The van der Waals surface area contributed by atoms with Crippen LogP contribution in [0.5, 0.6) is 0 Å². The standard InChI is InChI=1S/C12H25N3O/c1-9(2)8-15(10(3)12(16)14-13)11-6-4-5-7-11/h9-11H,4-8,13H2,1-3H3,(H,14,16). The molecule has 0 aromatic rings. The van der Waals surface area contributed by atoms with Crippen molar-refractivity contribution >= 4 is 5.91 Å². The summed E-state index contributed by atoms with van der Waals surface area (Å²) in [6.45, 7) is 7.30. The van der Waals surface area contributed by atoms with E-state index in [9.17, 15) is 4.79 Å². The third-order valence-electron chi connectivity index (χ3n) is 3.39. The molecule has 1 amide bonds. The second-order valence-electron chi connectivity index (χ2n) is 5.21. The summed E-state index contributed by atoms with van der Waals surface area (Å²) in [4.78, 5) is 13.9. The first-order chi connectivity index (χ1) is 7.56. The number of hydrogen-bond acceptors (Lipinski definition) is 3. The predicted molar refractivity (Wildman–Crippen MR) is 65.6 cm³/mol. The maximum Gasteiger partial charge on any atom is 0.250 e. The maximum absolute atomic E-state index is 11.6. The number of hydrazine groups is 1. The first kappa shape index (κ1) is 13.5. The van der Waals surface area contributed by atoms with Gasteiger partial charge in [0.15, 0.2) is 0 Å². The van der Waals surface area contributed by atoms with E-state index in [4.69, 9.17) is 5.84 Å². The highest BCUT2D eigenvalue weighted by atomic mass is 16.2. The molecule has 0 aliphatic heterocycles. The van der Waals surface area contributed by atoms with Crippen LogP contribution in [0.1, 0.15) is 46.5 Å². The number of nitrogens with one attached hydrogen (secondary N) is 1. The molecule has 1 saturated carbocycles. The Morgan fingerprint density at radius 1 is 1.38 bits per heavy atom. The molecule has 1 aliphatic carbocycles. The van der Waals surface area contributed by atoms with Crippen molar-refractivity contribution in [3.63, 3.8) is 0 Å². The number of nitrogens with two attached hydrogens (primary N) is 1. The molecular weight excluding hydrogens is 202 g/mol. The van der Waals surface area contributed by atoms with E-state index >= 15 is 0 Å². The van der Waals surface area contributed by atoms with Crippen molar-refractivity contribution in [3.8, 4) is 0 Å². The monoisotopic (exact) mass is 227 g/mol. The number of nitrogens with zero attached hydrogens (tertiary/aromatic N) is 1. The second-order valence-corrected chi connectivity index (χ2v) is 5.21. The summed E-state index contributed by atoms with van der Waals surface area (Å²) < 4.78 is 0. The largest absolute Gasteiger partial charge is 0.293 e. The average molecular weight is 227 g/mol. The lowest BCUT2D eigenvalue weighted by molar-refractivity contribution is -0.127. The van der Waals surface area contributed by atoms with Gasteiger partial charge in [0, 0.05) is 12.6 Å². The summed E-state index contributed by atoms with van der Waals surface area (Å²) in [5.41, 5.74) is 2.26. The fourth-order valence-electron chi connectivity index (χ4n) is 2.55. The summed E-state index contributed by atoms with van der Waals surface area (Å²) >= 11 is 0. The van der Waals surface area contributed by atoms with Crippen molar-refractivity contribution < 1.29 is 4.79 Å². The topological polar surface area (TPSA) is 58.4 Å². The predicted octanol–water partition coefficient (Wildman–Crippen LogP) is 1.27. The first-order valence-electron chi connectivity index (χ1n) is 6.32. The highest BCUT2D eigenvalue weighted by molar-refractivity contribution is 5.80. The fraction of sp³-hybridized carbons (Fsp3) is 0.917. The minimum absolute atomic E-state index is 0.0763. The molecule has 1 atom stereocenters. The van der Waals surface area contributed by atoms with Crippen LogP contribution >= 0.6 is 0 Å². The van der Waals surface area contributed by atoms with Gasteiger partial charge in [-0.05, 0) is 25.7 Å². The smallest absolute Gasteiger partial charge is 0.250 e. The average Bonchev–Trinajstić information content (AvgIpc) is 2.76. The van der Waals surface area contributed by atoms with Crippen LogP contribution in [0.25, 0.3) is 0 Å². The fourth-order valence-corrected chi connectivity index (χ4v) is 2.55. The second kappa shape index (κ2) is 6.21. The molecule has 0 heterocycles. The summed E-state index contributed by atoms with van der Waals surface area (Å²) in [5.74, 6) is 5.72. The Bertz CT molecular complexity index is 224. The van der Waals surface area contributed by atoms with E-state index in [2.05, 4.69) is 24.2 Å². The van der Waals surface area contributed by atoms with E-state index < -0.39 is 0 Å². The minimum atomic E-state index is -0.115. The van der Waals surface area contributed by atoms with Gasteiger partial charge in [0.2, 0.25) is 0 Å². The van der Waals surface area contributed by atoms with Crippen LogP contribution in [-0.2, 0) is 4.79 Å². The Balaban J connectivity index is 2.65. The van der Waals surface area contributed by atoms with Crippen LogP contribution < -0.4 is 11.3 Å². The summed E-state index contributed by atoms with van der Waals surface area (Å²) in [5, 5.41) is 0. The quantitative estimate of drug-likeness (QED) is 0.422. The highest BCUT2D eigenvalue weighted by Gasteiger charge is 2.29. The van der Waals surface area contributed by atoms with Crippen molar-refractivity contribution in [1.82, 2.24) is 10.3 Å². The van der Waals surface area contributed by atoms with Crippen LogP contribution in [0.4, 0.5) is 0 Å². The zero-order valence-corrected chi connectivity index (χ0v) is 10.7. The van der Waals surface area contributed by atoms with Gasteiger partial charge in [0.25, 0.3) is 5.91 Å². The summed E-state index contributed by atoms with van der Waals surface area (Å²) in [6.07, 6.45) is 5.01. The molecule has 4 nitrogen and oxygen atoms in total. The molecule has 3 N–H and O–H groups in total. The molecule has 16 heavy (non-hydrogen) atoms. The molecule has 1 fully saturated rings. The van der Waals surface area contributed by atoms with Gasteiger partial charge in [-0.25, -0.2) is 5.84 Å². The molecule has 1 rings (SSSR count). The lowest BCUT2D eigenvalue weighted by Gasteiger charge is -2.34. The van der Waals surface area contributed by atoms with Crippen molar-refractivity contribution in [3.05, 3.63) is 0 Å². The van der Waals surface area contributed by atoms with E-state index in [0.717, 1.165) is 6.54 Å². The molecule has 1 unspecified atom stereocenters. The van der Waals surface area contributed by atoms with E-state index in [1.165, 1.54) is 25.7 Å². The summed E-state index contributed by atoms with van der Waals surface area (Å²) in [7, 11) is 0. The lowest BCUT2D eigenvalue weighted by Crippen LogP contribution is -2.51. The van der Waals surface area contributed by atoms with E-state index in [0.29, 0.717) is 12.0 Å². The first-order valence-corrected chi connectivity index (χ1v) is 6.32. The molecule has 0 bridgehead atoms. The third-order valence-corrected chi connectivity index (χ3v) is 3.39. The Hall–Kier alpha value is -0.610. The van der Waals surface area contributed by atoms with Crippen LogP contribution in [0.15, 0.2) is 0 Å². The molecular formula is C12H25N3O. The normalized spacial score (nSPS) is 19.4. The molecule has 0 aromatic heterocycles. The van der Waals surface area contributed by atoms with Crippen molar-refractivity contribution in [2.45, 2.75) is 58.5 Å². The molecule has 0 saturated heterocycles. The molecule has 4 heteroatoms. The number of carbonyl (C=O) groups excluding carboxylic acids is 1. The molecule has 1 aliphatic rings. The number of rotatable bonds is 5. The Kier molecular flexibility index (Phi) is 5.22. The lowest BCUT2D eigenvalue weighted by atomic mass is 10.1. The number of hydrogen-bond donors (Lipinski definition) is 2. The van der Waals surface area contributed by atoms with Crippen molar-refractivity contribution in [2.75, 3.05) is 6.54 Å². The zero-order chi connectivity index (χ0) is 12.1. The van der Waals surface area contributed by atoms with Gasteiger partial charge in [-0.2, -0.15) is 0 Å². The molecule has 0 aromatic carbocycles. The number of amides is 1. The SMILES string of the molecule is CC(C)CN(C1CCCC1)C(C)C(=O)NN. The van der Waals surface area contributed by atoms with Crippen LogP contribution in [0.3, 0.4) is 0 Å². The van der Waals surface area contributed by atoms with E-state index in [1.54, 1.807) is 0 Å². The van der Waals surface area contributed by atoms with Gasteiger partial charge in [-0.15, -0.1) is 0 Å². The molecule has 0 spiro atoms. The van der Waals surface area contributed by atoms with Crippen molar-refractivity contribution in [1.29, 1.82) is 0 Å². The van der Waals surface area contributed by atoms with Gasteiger partial charge in [0.05, 0.1) is 6.04 Å². The van der Waals surface area contributed by atoms with Crippen LogP contribution in [0, 0.1) is 5.92 Å². The van der Waals surface area contributed by atoms with Gasteiger partial charge in [0.1, 0.15) is 0 Å².